The molecule has 0 amide bonds. The van der Waals surface area contributed by atoms with Gasteiger partial charge < -0.3 is 10.5 Å². The van der Waals surface area contributed by atoms with Crippen molar-refractivity contribution in [2.24, 2.45) is 5.73 Å². The molecule has 1 aromatic heterocycles. The van der Waals surface area contributed by atoms with Gasteiger partial charge in [0.2, 0.25) is 0 Å². The zero-order valence-corrected chi connectivity index (χ0v) is 10.0. The van der Waals surface area contributed by atoms with Crippen molar-refractivity contribution in [1.82, 2.24) is 4.98 Å². The van der Waals surface area contributed by atoms with Gasteiger partial charge in [-0.15, -0.1) is 11.3 Å². The van der Waals surface area contributed by atoms with Gasteiger partial charge in [-0.3, -0.25) is 4.98 Å². The van der Waals surface area contributed by atoms with Crippen LogP contribution in [0.2, 0.25) is 0 Å². The highest BCUT2D eigenvalue weighted by Crippen LogP contribution is 2.20. The molecule has 1 aromatic carbocycles. The second-order valence-corrected chi connectivity index (χ2v) is 4.53. The molecule has 0 spiro atoms. The van der Waals surface area contributed by atoms with E-state index < -0.39 is 0 Å². The monoisotopic (exact) mass is 252 g/mol. The van der Waals surface area contributed by atoms with Gasteiger partial charge in [0.15, 0.2) is 11.6 Å². The van der Waals surface area contributed by atoms with Gasteiger partial charge in [0, 0.05) is 6.20 Å². The third-order valence-corrected chi connectivity index (χ3v) is 3.04. The zero-order valence-electron chi connectivity index (χ0n) is 9.23. The molecule has 0 aliphatic heterocycles. The summed E-state index contributed by atoms with van der Waals surface area (Å²) >= 11 is 1.48. The van der Waals surface area contributed by atoms with Crippen LogP contribution in [0.3, 0.4) is 0 Å². The summed E-state index contributed by atoms with van der Waals surface area (Å²) in [6, 6.07) is 4.94. The van der Waals surface area contributed by atoms with Crippen molar-refractivity contribution in [2.75, 3.05) is 6.54 Å². The highest BCUT2D eigenvalue weighted by molar-refractivity contribution is 7.09. The Bertz CT molecular complexity index is 473. The van der Waals surface area contributed by atoms with Crippen molar-refractivity contribution in [3.63, 3.8) is 0 Å². The standard InChI is InChI=1S/C12H13FN2OS/c13-11-5-9(3-4-14)1-2-12(11)16-7-10-6-15-8-17-10/h1-2,5-6,8H,3-4,7,14H2. The van der Waals surface area contributed by atoms with Crippen LogP contribution >= 0.6 is 11.3 Å². The van der Waals surface area contributed by atoms with E-state index in [1.165, 1.54) is 17.4 Å². The minimum Gasteiger partial charge on any atom is -0.485 e. The van der Waals surface area contributed by atoms with E-state index in [0.29, 0.717) is 19.6 Å². The molecule has 0 aliphatic rings. The van der Waals surface area contributed by atoms with Crippen LogP contribution in [0.25, 0.3) is 0 Å². The molecule has 0 saturated carbocycles. The van der Waals surface area contributed by atoms with Gasteiger partial charge in [0.1, 0.15) is 6.61 Å². The van der Waals surface area contributed by atoms with E-state index in [-0.39, 0.29) is 11.6 Å². The molecule has 2 rings (SSSR count). The molecule has 0 saturated heterocycles. The fourth-order valence-corrected chi connectivity index (χ4v) is 1.95. The molecule has 0 atom stereocenters. The molecule has 0 bridgehead atoms. The number of hydrogen-bond acceptors (Lipinski definition) is 4. The molecule has 17 heavy (non-hydrogen) atoms. The summed E-state index contributed by atoms with van der Waals surface area (Å²) in [4.78, 5) is 4.89. The van der Waals surface area contributed by atoms with Crippen LogP contribution < -0.4 is 10.5 Å². The first-order valence-corrected chi connectivity index (χ1v) is 6.16. The first-order chi connectivity index (χ1) is 8.29. The van der Waals surface area contributed by atoms with Gasteiger partial charge in [0.25, 0.3) is 0 Å². The van der Waals surface area contributed by atoms with E-state index in [1.807, 2.05) is 6.07 Å². The molecule has 0 aliphatic carbocycles. The molecule has 2 aromatic rings. The van der Waals surface area contributed by atoms with Gasteiger partial charge in [0.05, 0.1) is 10.4 Å². The molecule has 90 valence electrons. The molecular formula is C12H13FN2OS. The van der Waals surface area contributed by atoms with E-state index in [0.717, 1.165) is 10.4 Å². The number of ether oxygens (including phenoxy) is 1. The Labute approximate surface area is 103 Å². The topological polar surface area (TPSA) is 48.1 Å². The van der Waals surface area contributed by atoms with Crippen LogP contribution in [-0.2, 0) is 13.0 Å². The Morgan fingerprint density at radius 3 is 2.94 bits per heavy atom. The largest absolute Gasteiger partial charge is 0.485 e. The second kappa shape index (κ2) is 5.75. The average Bonchev–Trinajstić information content (AvgIpc) is 2.81. The second-order valence-electron chi connectivity index (χ2n) is 3.56. The number of halogens is 1. The lowest BCUT2D eigenvalue weighted by Crippen LogP contribution is -2.03. The van der Waals surface area contributed by atoms with Gasteiger partial charge in [-0.05, 0) is 30.7 Å². The summed E-state index contributed by atoms with van der Waals surface area (Å²) in [5.41, 5.74) is 8.02. The minimum absolute atomic E-state index is 0.263. The van der Waals surface area contributed by atoms with Crippen LogP contribution in [0.1, 0.15) is 10.4 Å². The number of nitrogens with zero attached hydrogens (tertiary/aromatic N) is 1. The van der Waals surface area contributed by atoms with Gasteiger partial charge in [-0.2, -0.15) is 0 Å². The number of nitrogens with two attached hydrogens (primary N) is 1. The quantitative estimate of drug-likeness (QED) is 0.888. The van der Waals surface area contributed by atoms with E-state index >= 15 is 0 Å². The lowest BCUT2D eigenvalue weighted by molar-refractivity contribution is 0.293. The lowest BCUT2D eigenvalue weighted by atomic mass is 10.1. The highest BCUT2D eigenvalue weighted by Gasteiger charge is 2.05. The van der Waals surface area contributed by atoms with Gasteiger partial charge in [-0.25, -0.2) is 4.39 Å². The van der Waals surface area contributed by atoms with E-state index in [9.17, 15) is 4.39 Å². The van der Waals surface area contributed by atoms with Crippen molar-refractivity contribution < 1.29 is 9.13 Å². The number of rotatable bonds is 5. The highest BCUT2D eigenvalue weighted by atomic mass is 32.1. The van der Waals surface area contributed by atoms with Crippen molar-refractivity contribution in [2.45, 2.75) is 13.0 Å². The fourth-order valence-electron chi connectivity index (χ4n) is 1.45. The molecule has 2 N–H and O–H groups in total. The van der Waals surface area contributed by atoms with Gasteiger partial charge >= 0.3 is 0 Å². The van der Waals surface area contributed by atoms with Crippen LogP contribution in [-0.4, -0.2) is 11.5 Å². The Kier molecular flexibility index (Phi) is 4.06. The van der Waals surface area contributed by atoms with Crippen molar-refractivity contribution in [3.05, 3.63) is 46.2 Å². The van der Waals surface area contributed by atoms with E-state index in [4.69, 9.17) is 10.5 Å². The maximum Gasteiger partial charge on any atom is 0.165 e. The van der Waals surface area contributed by atoms with Crippen LogP contribution in [0.4, 0.5) is 4.39 Å². The minimum atomic E-state index is -0.347. The van der Waals surface area contributed by atoms with Crippen LogP contribution in [0, 0.1) is 5.82 Å². The maximum absolute atomic E-state index is 13.6. The summed E-state index contributed by atoms with van der Waals surface area (Å²) in [7, 11) is 0. The average molecular weight is 252 g/mol. The molecule has 3 nitrogen and oxygen atoms in total. The van der Waals surface area contributed by atoms with Crippen molar-refractivity contribution in [3.8, 4) is 5.75 Å². The van der Waals surface area contributed by atoms with Crippen LogP contribution in [0.5, 0.6) is 5.75 Å². The SMILES string of the molecule is NCCc1ccc(OCc2cncs2)c(F)c1. The molecule has 0 unspecified atom stereocenters. The Morgan fingerprint density at radius 2 is 2.29 bits per heavy atom. The number of benzene rings is 1. The summed E-state index contributed by atoms with van der Waals surface area (Å²) < 4.78 is 19.0. The Morgan fingerprint density at radius 1 is 1.41 bits per heavy atom. The summed E-state index contributed by atoms with van der Waals surface area (Å²) in [5, 5.41) is 0. The summed E-state index contributed by atoms with van der Waals surface area (Å²) in [5.74, 6) is -0.0837. The Balaban J connectivity index is 2.01. The molecule has 1 heterocycles. The number of hydrogen-bond donors (Lipinski definition) is 1. The van der Waals surface area contributed by atoms with E-state index in [2.05, 4.69) is 4.98 Å². The summed E-state index contributed by atoms with van der Waals surface area (Å²) in [6.45, 7) is 0.859. The third kappa shape index (κ3) is 3.25. The summed E-state index contributed by atoms with van der Waals surface area (Å²) in [6.07, 6.45) is 2.39. The molecule has 0 radical (unpaired) electrons. The first kappa shape index (κ1) is 12.0. The normalized spacial score (nSPS) is 10.5. The predicted octanol–water partition coefficient (Wildman–Crippen LogP) is 2.36. The molecule has 0 fully saturated rings. The zero-order chi connectivity index (χ0) is 12.1. The van der Waals surface area contributed by atoms with Crippen molar-refractivity contribution in [1.29, 1.82) is 0 Å². The third-order valence-electron chi connectivity index (χ3n) is 2.28. The van der Waals surface area contributed by atoms with Crippen molar-refractivity contribution >= 4 is 11.3 Å². The predicted molar refractivity (Wildman–Crippen MR) is 65.6 cm³/mol. The van der Waals surface area contributed by atoms with Gasteiger partial charge in [-0.1, -0.05) is 6.07 Å². The maximum atomic E-state index is 13.6. The fraction of sp³-hybridized carbons (Fsp3) is 0.250. The molecule has 5 heteroatoms. The number of thiazole rings is 1. The smallest absolute Gasteiger partial charge is 0.165 e. The van der Waals surface area contributed by atoms with Crippen LogP contribution in [0.15, 0.2) is 29.9 Å². The van der Waals surface area contributed by atoms with E-state index in [1.54, 1.807) is 17.8 Å². The number of aromatic nitrogens is 1. The lowest BCUT2D eigenvalue weighted by Gasteiger charge is -2.07. The first-order valence-electron chi connectivity index (χ1n) is 5.28. The Hall–Kier alpha value is -1.46. The molecular weight excluding hydrogens is 239 g/mol.